The molecule has 0 aromatic heterocycles. The Kier molecular flexibility index (Phi) is 5.76. The summed E-state index contributed by atoms with van der Waals surface area (Å²) in [6.07, 6.45) is 0.160. The molecule has 1 heterocycles. The highest BCUT2D eigenvalue weighted by molar-refractivity contribution is 9.10. The van der Waals surface area contributed by atoms with Gasteiger partial charge in [-0.3, -0.25) is 14.5 Å². The van der Waals surface area contributed by atoms with Crippen LogP contribution >= 0.6 is 15.9 Å². The molecule has 3 unspecified atom stereocenters. The summed E-state index contributed by atoms with van der Waals surface area (Å²) < 4.78 is 20.5. The normalized spacial score (nSPS) is 31.1. The molecule has 1 saturated heterocycles. The van der Waals surface area contributed by atoms with Crippen molar-refractivity contribution in [3.8, 4) is 0 Å². The number of nitrogens with two attached hydrogens (primary N) is 1. The van der Waals surface area contributed by atoms with Gasteiger partial charge in [0, 0.05) is 16.9 Å². The second-order valence-electron chi connectivity index (χ2n) is 10.2. The molecule has 9 heteroatoms. The van der Waals surface area contributed by atoms with E-state index in [2.05, 4.69) is 28.2 Å². The maximum absolute atomic E-state index is 14.3. The van der Waals surface area contributed by atoms with Crippen LogP contribution in [0.4, 0.5) is 9.18 Å². The number of carbonyl (C=O) groups is 3. The van der Waals surface area contributed by atoms with Crippen LogP contribution in [-0.4, -0.2) is 46.5 Å². The maximum Gasteiger partial charge on any atom is 0.411 e. The van der Waals surface area contributed by atoms with E-state index >= 15 is 0 Å². The molecule has 2 aliphatic carbocycles. The lowest BCUT2D eigenvalue weighted by Crippen LogP contribution is -2.58. The van der Waals surface area contributed by atoms with E-state index in [1.807, 2.05) is 0 Å². The number of primary amides is 1. The summed E-state index contributed by atoms with van der Waals surface area (Å²) in [4.78, 5) is 40.0. The first-order valence-corrected chi connectivity index (χ1v) is 11.7. The number of nitrogens with one attached hydrogen (secondary N) is 1. The zero-order valence-corrected chi connectivity index (χ0v) is 20.2. The Morgan fingerprint density at radius 3 is 2.59 bits per heavy atom. The monoisotopic (exact) mass is 509 g/mol. The summed E-state index contributed by atoms with van der Waals surface area (Å²) in [5.74, 6) is -0.445. The highest BCUT2D eigenvalue weighted by Gasteiger charge is 2.71. The summed E-state index contributed by atoms with van der Waals surface area (Å²) in [7, 11) is 0. The van der Waals surface area contributed by atoms with Crippen LogP contribution in [0.25, 0.3) is 0 Å². The molecule has 1 aromatic carbocycles. The van der Waals surface area contributed by atoms with Crippen LogP contribution in [0.1, 0.15) is 39.7 Å². The lowest BCUT2D eigenvalue weighted by atomic mass is 9.94. The average Bonchev–Trinajstić information content (AvgIpc) is 3.04. The maximum atomic E-state index is 14.3. The van der Waals surface area contributed by atoms with Crippen LogP contribution in [0.2, 0.25) is 0 Å². The minimum absolute atomic E-state index is 0.0189. The number of hydrogen-bond acceptors (Lipinski definition) is 4. The predicted molar refractivity (Wildman–Crippen MR) is 119 cm³/mol. The predicted octanol–water partition coefficient (Wildman–Crippen LogP) is 2.99. The summed E-state index contributed by atoms with van der Waals surface area (Å²) in [5.41, 5.74) is 5.11. The van der Waals surface area contributed by atoms with Gasteiger partial charge >= 0.3 is 6.09 Å². The lowest BCUT2D eigenvalue weighted by Gasteiger charge is -2.35. The highest BCUT2D eigenvalue weighted by atomic mass is 79.9. The number of benzene rings is 1. The number of nitrogens with zero attached hydrogens (tertiary/aromatic N) is 1. The third-order valence-corrected chi connectivity index (χ3v) is 7.50. The molecule has 3 N–H and O–H groups in total. The largest absolute Gasteiger partial charge is 0.444 e. The summed E-state index contributed by atoms with van der Waals surface area (Å²) >= 11 is 3.20. The Balaban J connectivity index is 1.54. The van der Waals surface area contributed by atoms with Crippen LogP contribution in [-0.2, 0) is 20.7 Å². The topological polar surface area (TPSA) is 102 Å². The third-order valence-electron chi connectivity index (χ3n) is 7.00. The van der Waals surface area contributed by atoms with Crippen molar-refractivity contribution in [3.05, 3.63) is 34.1 Å². The number of piperidine rings is 1. The number of rotatable bonds is 5. The zero-order valence-electron chi connectivity index (χ0n) is 18.6. The fourth-order valence-electron chi connectivity index (χ4n) is 5.72. The first-order valence-electron chi connectivity index (χ1n) is 10.9. The van der Waals surface area contributed by atoms with Gasteiger partial charge in [0.05, 0.1) is 0 Å². The first kappa shape index (κ1) is 23.0. The van der Waals surface area contributed by atoms with E-state index in [0.717, 1.165) is 6.42 Å². The number of amides is 3. The smallest absolute Gasteiger partial charge is 0.411 e. The number of ether oxygens (including phenoxy) is 1. The molecule has 2 bridgehead atoms. The standard InChI is InChI=1S/C23H29BrFN3O4/c1-10-17-13-9-16(18(10)17)28(22(31)32-23(2,3)4)19(13)21(30)27-15(20(26)29)7-11-5-6-12(24)8-14(11)25/h5-6,8,10,13,15-19H,7,9H2,1-4H3,(H2,26,29)(H,27,30)/t10?,13-,15+,16+,17?,18?,19+/m1/s1. The van der Waals surface area contributed by atoms with Gasteiger partial charge in [-0.05, 0) is 68.6 Å². The molecule has 32 heavy (non-hydrogen) atoms. The minimum Gasteiger partial charge on any atom is -0.444 e. The molecule has 1 aliphatic heterocycles. The Morgan fingerprint density at radius 1 is 1.31 bits per heavy atom. The van der Waals surface area contributed by atoms with E-state index in [4.69, 9.17) is 10.5 Å². The molecule has 1 aromatic rings. The minimum atomic E-state index is -1.09. The van der Waals surface area contributed by atoms with Gasteiger partial charge in [0.25, 0.3) is 0 Å². The van der Waals surface area contributed by atoms with Gasteiger partial charge in [-0.25, -0.2) is 9.18 Å². The van der Waals surface area contributed by atoms with Crippen LogP contribution in [0.5, 0.6) is 0 Å². The fraction of sp³-hybridized carbons (Fsp3) is 0.609. The second-order valence-corrected chi connectivity index (χ2v) is 11.1. The molecule has 7 nitrogen and oxygen atoms in total. The highest BCUT2D eigenvalue weighted by Crippen LogP contribution is 2.67. The number of likely N-dealkylation sites (tertiary alicyclic amines) is 1. The van der Waals surface area contributed by atoms with E-state index in [0.29, 0.717) is 22.2 Å². The van der Waals surface area contributed by atoms with Crippen molar-refractivity contribution < 1.29 is 23.5 Å². The third kappa shape index (κ3) is 4.11. The summed E-state index contributed by atoms with van der Waals surface area (Å²) in [6.45, 7) is 7.50. The molecular formula is C23H29BrFN3O4. The van der Waals surface area contributed by atoms with Gasteiger partial charge in [0.15, 0.2) is 0 Å². The van der Waals surface area contributed by atoms with Crippen molar-refractivity contribution in [3.63, 3.8) is 0 Å². The SMILES string of the molecule is CC1C2C1[C@@H]1C[C@H]2[C@@H](C(=O)N[C@@H](Cc2ccc(Br)cc2F)C(N)=O)N1C(=O)OC(C)(C)C. The quantitative estimate of drug-likeness (QED) is 0.636. The lowest BCUT2D eigenvalue weighted by molar-refractivity contribution is -0.132. The van der Waals surface area contributed by atoms with Gasteiger partial charge in [0.2, 0.25) is 11.8 Å². The average molecular weight is 510 g/mol. The van der Waals surface area contributed by atoms with Gasteiger partial charge in [0.1, 0.15) is 23.5 Å². The van der Waals surface area contributed by atoms with Crippen molar-refractivity contribution >= 4 is 33.8 Å². The van der Waals surface area contributed by atoms with E-state index in [-0.39, 0.29) is 23.9 Å². The number of halogens is 2. The van der Waals surface area contributed by atoms with Crippen LogP contribution < -0.4 is 11.1 Å². The van der Waals surface area contributed by atoms with Crippen LogP contribution in [0.3, 0.4) is 0 Å². The van der Waals surface area contributed by atoms with E-state index in [1.165, 1.54) is 6.07 Å². The van der Waals surface area contributed by atoms with Crippen molar-refractivity contribution in [1.29, 1.82) is 0 Å². The Bertz CT molecular complexity index is 965. The van der Waals surface area contributed by atoms with Crippen molar-refractivity contribution in [2.45, 2.75) is 64.3 Å². The molecule has 174 valence electrons. The van der Waals surface area contributed by atoms with E-state index in [9.17, 15) is 18.8 Å². The van der Waals surface area contributed by atoms with Gasteiger partial charge in [-0.2, -0.15) is 0 Å². The molecule has 0 spiro atoms. The second kappa shape index (κ2) is 8.01. The van der Waals surface area contributed by atoms with E-state index < -0.39 is 41.4 Å². The Morgan fingerprint density at radius 2 is 2.00 bits per heavy atom. The van der Waals surface area contributed by atoms with Crippen LogP contribution in [0.15, 0.2) is 22.7 Å². The van der Waals surface area contributed by atoms with Gasteiger partial charge < -0.3 is 15.8 Å². The van der Waals surface area contributed by atoms with Crippen molar-refractivity contribution in [2.75, 3.05) is 0 Å². The molecule has 4 rings (SSSR count). The van der Waals surface area contributed by atoms with Crippen LogP contribution in [0, 0.1) is 29.5 Å². The molecule has 7 atom stereocenters. The fourth-order valence-corrected chi connectivity index (χ4v) is 6.06. The van der Waals surface area contributed by atoms with Gasteiger partial charge in [-0.1, -0.05) is 28.9 Å². The number of fused-ring (bicyclic) bond motifs is 5. The Hall–Kier alpha value is -2.16. The number of carbonyl (C=O) groups excluding carboxylic acids is 3. The van der Waals surface area contributed by atoms with E-state index in [1.54, 1.807) is 37.8 Å². The molecule has 3 amide bonds. The molecule has 2 saturated carbocycles. The molecule has 0 radical (unpaired) electrons. The van der Waals surface area contributed by atoms with Crippen molar-refractivity contribution in [1.82, 2.24) is 10.2 Å². The first-order chi connectivity index (χ1) is 14.9. The number of hydrogen-bond donors (Lipinski definition) is 2. The van der Waals surface area contributed by atoms with Crippen molar-refractivity contribution in [2.24, 2.45) is 29.4 Å². The van der Waals surface area contributed by atoms with Gasteiger partial charge in [-0.15, -0.1) is 0 Å². The Labute approximate surface area is 195 Å². The summed E-state index contributed by atoms with van der Waals surface area (Å²) in [5, 5.41) is 2.69. The summed E-state index contributed by atoms with van der Waals surface area (Å²) in [6, 6.07) is 2.64. The molecule has 3 fully saturated rings. The zero-order chi connectivity index (χ0) is 23.5. The molecular weight excluding hydrogens is 481 g/mol. The molecule has 3 aliphatic rings.